The van der Waals surface area contributed by atoms with Crippen molar-refractivity contribution in [2.75, 3.05) is 13.2 Å². The lowest BCUT2D eigenvalue weighted by molar-refractivity contribution is -0.154. The third-order valence-corrected chi connectivity index (χ3v) is 2.25. The van der Waals surface area contributed by atoms with Gasteiger partial charge in [-0.15, -0.1) is 24.7 Å². The SMILES string of the molecule is C#CCCCCOC(=O)CC(=O)OCCCCC#C. The summed E-state index contributed by atoms with van der Waals surface area (Å²) in [5.74, 6) is 3.88. The van der Waals surface area contributed by atoms with Gasteiger partial charge >= 0.3 is 11.9 Å². The number of hydrogen-bond acceptors (Lipinski definition) is 4. The molecular weight excluding hydrogens is 244 g/mol. The number of carbonyl (C=O) groups excluding carboxylic acids is 2. The molecule has 0 aromatic heterocycles. The van der Waals surface area contributed by atoms with Crippen molar-refractivity contribution in [2.45, 2.75) is 44.9 Å². The molecule has 0 saturated heterocycles. The maximum absolute atomic E-state index is 11.2. The Morgan fingerprint density at radius 1 is 0.789 bits per heavy atom. The lowest BCUT2D eigenvalue weighted by Crippen LogP contribution is -2.15. The first kappa shape index (κ1) is 17.1. The van der Waals surface area contributed by atoms with E-state index in [2.05, 4.69) is 11.8 Å². The maximum Gasteiger partial charge on any atom is 0.317 e. The first-order valence-electron chi connectivity index (χ1n) is 6.39. The molecule has 0 aromatic rings. The molecule has 0 aromatic carbocycles. The van der Waals surface area contributed by atoms with E-state index in [4.69, 9.17) is 22.3 Å². The highest BCUT2D eigenvalue weighted by Gasteiger charge is 2.11. The highest BCUT2D eigenvalue weighted by Crippen LogP contribution is 1.99. The van der Waals surface area contributed by atoms with E-state index in [9.17, 15) is 9.59 Å². The Labute approximate surface area is 114 Å². The molecule has 4 heteroatoms. The minimum absolute atomic E-state index is 0.288. The van der Waals surface area contributed by atoms with Crippen molar-refractivity contribution in [3.63, 3.8) is 0 Å². The van der Waals surface area contributed by atoms with Crippen LogP contribution in [0, 0.1) is 24.7 Å². The van der Waals surface area contributed by atoms with Crippen molar-refractivity contribution in [1.82, 2.24) is 0 Å². The molecule has 0 heterocycles. The summed E-state index contributed by atoms with van der Waals surface area (Å²) in [5.41, 5.74) is 0. The van der Waals surface area contributed by atoms with Gasteiger partial charge in [-0.3, -0.25) is 9.59 Å². The van der Waals surface area contributed by atoms with Crippen LogP contribution in [-0.2, 0) is 19.1 Å². The van der Waals surface area contributed by atoms with Gasteiger partial charge in [-0.2, -0.15) is 0 Å². The van der Waals surface area contributed by atoms with E-state index < -0.39 is 11.9 Å². The summed E-state index contributed by atoms with van der Waals surface area (Å²) in [4.78, 5) is 22.5. The number of terminal acetylenes is 2. The average molecular weight is 264 g/mol. The van der Waals surface area contributed by atoms with Crippen LogP contribution in [0.4, 0.5) is 0 Å². The minimum Gasteiger partial charge on any atom is -0.465 e. The number of carbonyl (C=O) groups is 2. The predicted molar refractivity (Wildman–Crippen MR) is 71.9 cm³/mol. The molecule has 0 aliphatic rings. The number of unbranched alkanes of at least 4 members (excludes halogenated alkanes) is 4. The smallest absolute Gasteiger partial charge is 0.317 e. The molecule has 0 radical (unpaired) electrons. The van der Waals surface area contributed by atoms with Crippen molar-refractivity contribution in [3.8, 4) is 24.7 Å². The van der Waals surface area contributed by atoms with Gasteiger partial charge in [0.05, 0.1) is 13.2 Å². The molecule has 0 fully saturated rings. The van der Waals surface area contributed by atoms with Gasteiger partial charge in [-0.05, 0) is 25.7 Å². The minimum atomic E-state index is -0.561. The van der Waals surface area contributed by atoms with Crippen molar-refractivity contribution in [2.24, 2.45) is 0 Å². The van der Waals surface area contributed by atoms with Crippen LogP contribution in [0.25, 0.3) is 0 Å². The average Bonchev–Trinajstić information content (AvgIpc) is 2.38. The number of rotatable bonds is 10. The van der Waals surface area contributed by atoms with E-state index in [1.54, 1.807) is 0 Å². The van der Waals surface area contributed by atoms with Gasteiger partial charge in [0.15, 0.2) is 0 Å². The zero-order valence-electron chi connectivity index (χ0n) is 11.2. The van der Waals surface area contributed by atoms with Crippen molar-refractivity contribution in [3.05, 3.63) is 0 Å². The van der Waals surface area contributed by atoms with Crippen LogP contribution in [0.2, 0.25) is 0 Å². The summed E-state index contributed by atoms with van der Waals surface area (Å²) in [6.07, 6.45) is 14.2. The molecule has 0 atom stereocenters. The van der Waals surface area contributed by atoms with Gasteiger partial charge in [0, 0.05) is 12.8 Å². The normalized spacial score (nSPS) is 9.16. The highest BCUT2D eigenvalue weighted by molar-refractivity contribution is 5.91. The molecule has 0 unspecified atom stereocenters. The van der Waals surface area contributed by atoms with Gasteiger partial charge in [-0.1, -0.05) is 0 Å². The fraction of sp³-hybridized carbons (Fsp3) is 0.600. The Morgan fingerprint density at radius 2 is 1.21 bits per heavy atom. The topological polar surface area (TPSA) is 52.6 Å². The Balaban J connectivity index is 3.46. The van der Waals surface area contributed by atoms with Crippen LogP contribution in [0.1, 0.15) is 44.9 Å². The van der Waals surface area contributed by atoms with Crippen molar-refractivity contribution < 1.29 is 19.1 Å². The summed E-state index contributed by atoms with van der Waals surface area (Å²) in [7, 11) is 0. The molecular formula is C15H20O4. The highest BCUT2D eigenvalue weighted by atomic mass is 16.6. The molecule has 19 heavy (non-hydrogen) atoms. The Hall–Kier alpha value is -1.94. The van der Waals surface area contributed by atoms with E-state index in [0.717, 1.165) is 12.8 Å². The van der Waals surface area contributed by atoms with E-state index >= 15 is 0 Å². The molecule has 0 aliphatic carbocycles. The third-order valence-electron chi connectivity index (χ3n) is 2.25. The standard InChI is InChI=1S/C15H20O4/c1-3-5-7-9-11-18-14(16)13-15(17)19-12-10-8-6-4-2/h1-2H,5-13H2. The summed E-state index contributed by atoms with van der Waals surface area (Å²) >= 11 is 0. The van der Waals surface area contributed by atoms with Crippen LogP contribution in [-0.4, -0.2) is 25.2 Å². The monoisotopic (exact) mass is 264 g/mol. The lowest BCUT2D eigenvalue weighted by Gasteiger charge is -2.05. The van der Waals surface area contributed by atoms with E-state index in [-0.39, 0.29) is 19.6 Å². The van der Waals surface area contributed by atoms with Crippen molar-refractivity contribution in [1.29, 1.82) is 0 Å². The van der Waals surface area contributed by atoms with Gasteiger partial charge in [0.2, 0.25) is 0 Å². The zero-order chi connectivity index (χ0) is 14.3. The van der Waals surface area contributed by atoms with Gasteiger partial charge in [0.1, 0.15) is 6.42 Å². The summed E-state index contributed by atoms with van der Waals surface area (Å²) in [6, 6.07) is 0. The molecule has 4 nitrogen and oxygen atoms in total. The number of ether oxygens (including phenoxy) is 2. The Kier molecular flexibility index (Phi) is 11.2. The summed E-state index contributed by atoms with van der Waals surface area (Å²) < 4.78 is 9.74. The first-order chi connectivity index (χ1) is 9.20. The molecule has 104 valence electrons. The maximum atomic E-state index is 11.2. The Morgan fingerprint density at radius 3 is 1.58 bits per heavy atom. The lowest BCUT2D eigenvalue weighted by atomic mass is 10.2. The second-order valence-corrected chi connectivity index (χ2v) is 3.94. The zero-order valence-corrected chi connectivity index (χ0v) is 11.2. The first-order valence-corrected chi connectivity index (χ1v) is 6.39. The van der Waals surface area contributed by atoms with Crippen LogP contribution in [0.15, 0.2) is 0 Å². The van der Waals surface area contributed by atoms with Gasteiger partial charge in [0.25, 0.3) is 0 Å². The quantitative estimate of drug-likeness (QED) is 0.262. The second-order valence-electron chi connectivity index (χ2n) is 3.94. The fourth-order valence-electron chi connectivity index (χ4n) is 1.25. The van der Waals surface area contributed by atoms with Crippen LogP contribution in [0.3, 0.4) is 0 Å². The Bertz CT molecular complexity index is 312. The number of esters is 2. The van der Waals surface area contributed by atoms with Crippen LogP contribution < -0.4 is 0 Å². The van der Waals surface area contributed by atoms with Crippen LogP contribution in [0.5, 0.6) is 0 Å². The third kappa shape index (κ3) is 12.3. The summed E-state index contributed by atoms with van der Waals surface area (Å²) in [6.45, 7) is 0.575. The van der Waals surface area contributed by atoms with E-state index in [0.29, 0.717) is 25.7 Å². The molecule has 0 bridgehead atoms. The second kappa shape index (κ2) is 12.5. The van der Waals surface area contributed by atoms with Gasteiger partial charge in [-0.25, -0.2) is 0 Å². The predicted octanol–water partition coefficient (Wildman–Crippen LogP) is 2.07. The molecule has 0 aliphatic heterocycles. The van der Waals surface area contributed by atoms with E-state index in [1.165, 1.54) is 0 Å². The summed E-state index contributed by atoms with van der Waals surface area (Å²) in [5, 5.41) is 0. The molecule has 0 spiro atoms. The molecule has 0 amide bonds. The fourth-order valence-corrected chi connectivity index (χ4v) is 1.25. The molecule has 0 rings (SSSR count). The van der Waals surface area contributed by atoms with E-state index in [1.807, 2.05) is 0 Å². The molecule has 0 N–H and O–H groups in total. The molecule has 0 saturated carbocycles. The largest absolute Gasteiger partial charge is 0.465 e. The van der Waals surface area contributed by atoms with Gasteiger partial charge < -0.3 is 9.47 Å². The van der Waals surface area contributed by atoms with Crippen molar-refractivity contribution >= 4 is 11.9 Å². The number of hydrogen-bond donors (Lipinski definition) is 0. The van der Waals surface area contributed by atoms with Crippen LogP contribution >= 0.6 is 0 Å².